The molecule has 0 atom stereocenters. The maximum Gasteiger partial charge on any atom is 0.418 e. The van der Waals surface area contributed by atoms with Gasteiger partial charge in [0.25, 0.3) is 5.56 Å². The number of fused-ring (bicyclic) bond motifs is 1. The highest BCUT2D eigenvalue weighted by Gasteiger charge is 2.35. The highest BCUT2D eigenvalue weighted by Crippen LogP contribution is 2.34. The monoisotopic (exact) mass is 671 g/mol. The van der Waals surface area contributed by atoms with E-state index in [0.717, 1.165) is 12.2 Å². The Morgan fingerprint density at radius 1 is 1.00 bits per heavy atom. The zero-order valence-electron chi connectivity index (χ0n) is 27.6. The lowest BCUT2D eigenvalue weighted by Gasteiger charge is -2.16. The molecular weight excluding hydrogens is 631 g/mol. The molecule has 0 aliphatic carbocycles. The molecule has 0 unspecified atom stereocenters. The van der Waals surface area contributed by atoms with Crippen LogP contribution in [-0.4, -0.2) is 60.6 Å². The van der Waals surface area contributed by atoms with Gasteiger partial charge in [-0.3, -0.25) is 14.2 Å². The minimum atomic E-state index is -4.64. The Morgan fingerprint density at radius 3 is 2.32 bits per heavy atom. The average Bonchev–Trinajstić information content (AvgIpc) is 3.65. The topological polar surface area (TPSA) is 114 Å². The number of alkyl halides is 3. The minimum Gasteiger partial charge on any atom is -0.493 e. The van der Waals surface area contributed by atoms with Crippen molar-refractivity contribution in [1.29, 1.82) is 0 Å². The van der Waals surface area contributed by atoms with E-state index in [1.54, 1.807) is 49.1 Å². The molecule has 0 saturated heterocycles. The summed E-state index contributed by atoms with van der Waals surface area (Å²) in [5, 5.41) is 14.9. The van der Waals surface area contributed by atoms with Crippen LogP contribution in [0.1, 0.15) is 36.5 Å². The normalized spacial score (nSPS) is 12.7. The number of aromatic nitrogens is 7. The molecule has 15 heteroatoms. The minimum absolute atomic E-state index is 0.00955. The van der Waals surface area contributed by atoms with Gasteiger partial charge in [0.15, 0.2) is 11.6 Å². The molecule has 0 bridgehead atoms. The standard InChI is InChI=1S/C32H40F3N7O4Si/c1-31(2,44)30-36-13-22(14-37-30)21-8-9-24-26(12-21)42(39(3)29(24)43)17-23-16-40(18-25(23)32(33,34)35)19-27-28(45-4)15-38-41(27)20-46-10-11-47(5,6)7/h8-9,12-16,18,44H,10-11,17,19-20H2,1-7H3. The summed E-state index contributed by atoms with van der Waals surface area (Å²) in [5.74, 6) is 0.687. The van der Waals surface area contributed by atoms with Crippen LogP contribution in [0.15, 0.2) is 54.0 Å². The van der Waals surface area contributed by atoms with Gasteiger partial charge in [0.2, 0.25) is 0 Å². The highest BCUT2D eigenvalue weighted by molar-refractivity contribution is 6.76. The number of ether oxygens (including phenoxy) is 2. The Balaban J connectivity index is 1.48. The third-order valence-electron chi connectivity index (χ3n) is 7.96. The van der Waals surface area contributed by atoms with Crippen molar-refractivity contribution >= 4 is 19.0 Å². The van der Waals surface area contributed by atoms with E-state index in [0.29, 0.717) is 40.1 Å². The molecule has 47 heavy (non-hydrogen) atoms. The Labute approximate surface area is 271 Å². The van der Waals surface area contributed by atoms with E-state index < -0.39 is 25.4 Å². The quantitative estimate of drug-likeness (QED) is 0.139. The van der Waals surface area contributed by atoms with Crippen LogP contribution in [0.5, 0.6) is 5.75 Å². The fraction of sp³-hybridized carbons (Fsp3) is 0.438. The van der Waals surface area contributed by atoms with Gasteiger partial charge in [0.05, 0.1) is 42.9 Å². The molecule has 4 heterocycles. The van der Waals surface area contributed by atoms with E-state index in [4.69, 9.17) is 9.47 Å². The summed E-state index contributed by atoms with van der Waals surface area (Å²) in [6, 6.07) is 6.08. The summed E-state index contributed by atoms with van der Waals surface area (Å²) in [7, 11) is 1.71. The van der Waals surface area contributed by atoms with Crippen molar-refractivity contribution in [3.63, 3.8) is 0 Å². The Kier molecular flexibility index (Phi) is 9.27. The fourth-order valence-corrected chi connectivity index (χ4v) is 6.02. The van der Waals surface area contributed by atoms with Gasteiger partial charge >= 0.3 is 6.18 Å². The molecule has 11 nitrogen and oxygen atoms in total. The van der Waals surface area contributed by atoms with Gasteiger partial charge < -0.3 is 19.1 Å². The molecule has 0 saturated carbocycles. The first-order chi connectivity index (χ1) is 22.0. The molecule has 4 aromatic heterocycles. The zero-order valence-corrected chi connectivity index (χ0v) is 28.6. The fourth-order valence-electron chi connectivity index (χ4n) is 5.26. The van der Waals surface area contributed by atoms with E-state index in [2.05, 4.69) is 34.7 Å². The van der Waals surface area contributed by atoms with Crippen LogP contribution in [-0.2, 0) is 43.4 Å². The lowest BCUT2D eigenvalue weighted by Crippen LogP contribution is -2.22. The van der Waals surface area contributed by atoms with Crippen LogP contribution < -0.4 is 10.3 Å². The third-order valence-corrected chi connectivity index (χ3v) is 9.66. The van der Waals surface area contributed by atoms with Gasteiger partial charge in [-0.15, -0.1) is 0 Å². The number of rotatable bonds is 12. The molecule has 0 aliphatic rings. The van der Waals surface area contributed by atoms with Crippen molar-refractivity contribution in [3.05, 3.63) is 82.2 Å². The van der Waals surface area contributed by atoms with E-state index in [-0.39, 0.29) is 36.8 Å². The third kappa shape index (κ3) is 7.52. The second-order valence-electron chi connectivity index (χ2n) is 13.3. The Morgan fingerprint density at radius 2 is 1.70 bits per heavy atom. The molecular formula is C32H40F3N7O4Si. The van der Waals surface area contributed by atoms with Crippen molar-refractivity contribution in [2.75, 3.05) is 13.7 Å². The van der Waals surface area contributed by atoms with Crippen LogP contribution in [0.2, 0.25) is 25.7 Å². The molecule has 0 amide bonds. The van der Waals surface area contributed by atoms with Crippen LogP contribution in [0, 0.1) is 0 Å². The number of nitrogens with zero attached hydrogens (tertiary/aromatic N) is 7. The largest absolute Gasteiger partial charge is 0.493 e. The first kappa shape index (κ1) is 34.1. The van der Waals surface area contributed by atoms with Crippen molar-refractivity contribution in [3.8, 4) is 16.9 Å². The second kappa shape index (κ2) is 12.8. The first-order valence-corrected chi connectivity index (χ1v) is 18.8. The summed E-state index contributed by atoms with van der Waals surface area (Å²) in [5.41, 5.74) is -0.0636. The second-order valence-corrected chi connectivity index (χ2v) is 19.0. The maximum atomic E-state index is 14.4. The van der Waals surface area contributed by atoms with Crippen molar-refractivity contribution in [2.24, 2.45) is 7.05 Å². The molecule has 0 spiro atoms. The van der Waals surface area contributed by atoms with Crippen LogP contribution in [0.25, 0.3) is 22.0 Å². The molecule has 0 fully saturated rings. The van der Waals surface area contributed by atoms with Crippen molar-refractivity contribution in [1.82, 2.24) is 33.7 Å². The van der Waals surface area contributed by atoms with Crippen LogP contribution in [0.3, 0.4) is 0 Å². The van der Waals surface area contributed by atoms with Gasteiger partial charge in [0.1, 0.15) is 18.0 Å². The number of hydrogen-bond acceptors (Lipinski definition) is 7. The lowest BCUT2D eigenvalue weighted by atomic mass is 10.1. The van der Waals surface area contributed by atoms with Crippen molar-refractivity contribution < 1.29 is 27.8 Å². The smallest absolute Gasteiger partial charge is 0.418 e. The SMILES string of the molecule is COc1cnn(COCC[Si](C)(C)C)c1Cn1cc(Cn2c3cc(-c4cnc(C(C)(C)O)nc4)ccc3c(=O)n2C)c(C(F)(F)F)c1. The molecule has 252 valence electrons. The van der Waals surface area contributed by atoms with E-state index in [1.165, 1.54) is 40.5 Å². The molecule has 5 rings (SSSR count). The molecule has 0 radical (unpaired) electrons. The Bertz CT molecular complexity index is 1930. The lowest BCUT2D eigenvalue weighted by molar-refractivity contribution is -0.138. The van der Waals surface area contributed by atoms with Crippen LogP contribution in [0.4, 0.5) is 13.2 Å². The molecule has 1 aromatic carbocycles. The van der Waals surface area contributed by atoms with Crippen LogP contribution >= 0.6 is 0 Å². The number of benzene rings is 1. The number of halogens is 3. The predicted molar refractivity (Wildman–Crippen MR) is 174 cm³/mol. The summed E-state index contributed by atoms with van der Waals surface area (Å²) in [6.07, 6.45) is 2.51. The predicted octanol–water partition coefficient (Wildman–Crippen LogP) is 5.46. The number of aliphatic hydroxyl groups is 1. The Hall–Kier alpha value is -4.21. The number of hydrogen-bond donors (Lipinski definition) is 1. The van der Waals surface area contributed by atoms with Gasteiger partial charge in [-0.05, 0) is 37.6 Å². The number of methoxy groups -OCH3 is 1. The van der Waals surface area contributed by atoms with Gasteiger partial charge in [-0.1, -0.05) is 25.7 Å². The molecule has 5 aromatic rings. The highest BCUT2D eigenvalue weighted by atomic mass is 28.3. The van der Waals surface area contributed by atoms with Crippen molar-refractivity contribution in [2.45, 2.75) is 71.1 Å². The van der Waals surface area contributed by atoms with E-state index in [1.807, 2.05) is 0 Å². The zero-order chi connectivity index (χ0) is 34.3. The molecule has 0 aliphatic heterocycles. The first-order valence-electron chi connectivity index (χ1n) is 15.1. The summed E-state index contributed by atoms with van der Waals surface area (Å²) in [4.78, 5) is 21.7. The van der Waals surface area contributed by atoms with Gasteiger partial charge in [-0.2, -0.15) is 18.3 Å². The summed E-state index contributed by atoms with van der Waals surface area (Å²) >= 11 is 0. The summed E-state index contributed by atoms with van der Waals surface area (Å²) < 4.78 is 60.4. The van der Waals surface area contributed by atoms with Gasteiger partial charge in [-0.25, -0.2) is 14.6 Å². The average molecular weight is 672 g/mol. The van der Waals surface area contributed by atoms with Gasteiger partial charge in [0, 0.05) is 57.6 Å². The maximum absolute atomic E-state index is 14.4. The molecule has 1 N–H and O–H groups in total. The van der Waals surface area contributed by atoms with E-state index >= 15 is 0 Å². The summed E-state index contributed by atoms with van der Waals surface area (Å²) in [6.45, 7) is 10.5. The van der Waals surface area contributed by atoms with E-state index in [9.17, 15) is 23.1 Å².